The fraction of sp³-hybridized carbons (Fsp3) is 0.417. The minimum atomic E-state index is -4.61. The van der Waals surface area contributed by atoms with Crippen molar-refractivity contribution in [2.75, 3.05) is 38.2 Å². The third kappa shape index (κ3) is 5.51. The molecule has 2 fully saturated rings. The van der Waals surface area contributed by atoms with Crippen LogP contribution in [-0.2, 0) is 10.9 Å². The Balaban J connectivity index is 1.34. The topological polar surface area (TPSA) is 92.3 Å². The zero-order chi connectivity index (χ0) is 24.4. The van der Waals surface area contributed by atoms with E-state index in [0.717, 1.165) is 24.0 Å². The van der Waals surface area contributed by atoms with Crippen LogP contribution in [0.1, 0.15) is 40.6 Å². The van der Waals surface area contributed by atoms with Crippen molar-refractivity contribution in [3.05, 3.63) is 59.7 Å². The lowest BCUT2D eigenvalue weighted by atomic mass is 10.1. The molecule has 2 aromatic heterocycles. The van der Waals surface area contributed by atoms with Crippen LogP contribution < -0.4 is 10.6 Å². The highest BCUT2D eigenvalue weighted by Gasteiger charge is 2.35. The van der Waals surface area contributed by atoms with Crippen molar-refractivity contribution in [1.29, 1.82) is 0 Å². The van der Waals surface area contributed by atoms with Crippen LogP contribution in [0.4, 0.5) is 19.0 Å². The van der Waals surface area contributed by atoms with E-state index in [1.807, 2.05) is 18.2 Å². The van der Waals surface area contributed by atoms with Gasteiger partial charge >= 0.3 is 6.18 Å². The Hall–Kier alpha value is -3.31. The number of halogens is 3. The number of benzene rings is 1. The molecule has 35 heavy (non-hydrogen) atoms. The maximum absolute atomic E-state index is 13.2. The number of nitrogens with one attached hydrogen (secondary N) is 2. The van der Waals surface area contributed by atoms with Gasteiger partial charge in [-0.25, -0.2) is 15.0 Å². The van der Waals surface area contributed by atoms with E-state index in [1.165, 1.54) is 12.4 Å². The third-order valence-electron chi connectivity index (χ3n) is 6.16. The summed E-state index contributed by atoms with van der Waals surface area (Å²) in [6.45, 7) is 2.34. The molecule has 2 aliphatic rings. The number of hydrogen-bond acceptors (Lipinski definition) is 7. The Morgan fingerprint density at radius 2 is 1.86 bits per heavy atom. The molecule has 3 heterocycles. The molecular weight excluding hydrogens is 461 g/mol. The first-order valence-corrected chi connectivity index (χ1v) is 11.5. The molecule has 5 rings (SSSR count). The second-order valence-corrected chi connectivity index (χ2v) is 8.70. The van der Waals surface area contributed by atoms with Gasteiger partial charge in [0.05, 0.1) is 24.8 Å². The van der Waals surface area contributed by atoms with Crippen molar-refractivity contribution in [2.45, 2.75) is 31.1 Å². The van der Waals surface area contributed by atoms with Crippen LogP contribution in [0.25, 0.3) is 10.9 Å². The summed E-state index contributed by atoms with van der Waals surface area (Å²) in [5.41, 5.74) is 1.69. The summed E-state index contributed by atoms with van der Waals surface area (Å²) in [6.07, 6.45) is 0.0151. The van der Waals surface area contributed by atoms with Gasteiger partial charge in [-0.15, -0.1) is 0 Å². The van der Waals surface area contributed by atoms with Gasteiger partial charge in [-0.3, -0.25) is 9.69 Å². The molecule has 0 spiro atoms. The van der Waals surface area contributed by atoms with Gasteiger partial charge in [0.15, 0.2) is 0 Å². The van der Waals surface area contributed by atoms with Crippen molar-refractivity contribution in [3.8, 4) is 0 Å². The van der Waals surface area contributed by atoms with Crippen LogP contribution in [0, 0.1) is 0 Å². The second kappa shape index (κ2) is 9.74. The third-order valence-corrected chi connectivity index (χ3v) is 6.16. The number of carbonyl (C=O) groups is 1. The zero-order valence-electron chi connectivity index (χ0n) is 18.9. The average Bonchev–Trinajstić information content (AvgIpc) is 3.68. The Bertz CT molecular complexity index is 1190. The first kappa shape index (κ1) is 23.4. The summed E-state index contributed by atoms with van der Waals surface area (Å²) in [7, 11) is 0. The highest BCUT2D eigenvalue weighted by molar-refractivity contribution is 6.06. The summed E-state index contributed by atoms with van der Waals surface area (Å²) in [6, 6.07) is 9.20. The molecule has 1 saturated carbocycles. The van der Waals surface area contributed by atoms with E-state index < -0.39 is 18.0 Å². The molecule has 1 atom stereocenters. The lowest BCUT2D eigenvalue weighted by Gasteiger charge is -2.34. The van der Waals surface area contributed by atoms with E-state index in [9.17, 15) is 18.0 Å². The number of hydrogen-bond donors (Lipinski definition) is 2. The van der Waals surface area contributed by atoms with Gasteiger partial charge in [0.2, 0.25) is 5.82 Å². The normalized spacial score (nSPS) is 17.8. The Morgan fingerprint density at radius 3 is 2.54 bits per heavy atom. The number of ether oxygens (including phenoxy) is 1. The van der Waals surface area contributed by atoms with Gasteiger partial charge in [-0.05, 0) is 37.1 Å². The van der Waals surface area contributed by atoms with Crippen LogP contribution in [0.5, 0.6) is 0 Å². The Kier molecular flexibility index (Phi) is 6.52. The number of pyridine rings is 1. The molecule has 1 saturated heterocycles. The molecule has 2 N–H and O–H groups in total. The minimum Gasteiger partial charge on any atom is -0.379 e. The van der Waals surface area contributed by atoms with Crippen molar-refractivity contribution in [1.82, 2.24) is 25.2 Å². The summed E-state index contributed by atoms with van der Waals surface area (Å²) in [5, 5.41) is 7.03. The second-order valence-electron chi connectivity index (χ2n) is 8.70. The summed E-state index contributed by atoms with van der Waals surface area (Å²) >= 11 is 0. The molecule has 8 nitrogen and oxygen atoms in total. The predicted molar refractivity (Wildman–Crippen MR) is 123 cm³/mol. The molecule has 1 aliphatic heterocycles. The van der Waals surface area contributed by atoms with Gasteiger partial charge in [-0.1, -0.05) is 6.07 Å². The van der Waals surface area contributed by atoms with Crippen molar-refractivity contribution in [3.63, 3.8) is 0 Å². The fourth-order valence-corrected chi connectivity index (χ4v) is 4.16. The smallest absolute Gasteiger partial charge is 0.379 e. The molecular formula is C24H25F3N6O2. The quantitative estimate of drug-likeness (QED) is 0.529. The zero-order valence-corrected chi connectivity index (χ0v) is 18.9. The maximum atomic E-state index is 13.2. The SMILES string of the molecule is O=C(NC[C@H](c1cnc(C(F)(F)F)nc1)N1CCOCC1)c1cccc2nc(NC3CC3)ccc12. The monoisotopic (exact) mass is 486 g/mol. The number of carbonyl (C=O) groups excluding carboxylic acids is 1. The van der Waals surface area contributed by atoms with Gasteiger partial charge in [0.25, 0.3) is 5.91 Å². The molecule has 184 valence electrons. The summed E-state index contributed by atoms with van der Waals surface area (Å²) in [5.74, 6) is -0.691. The fourth-order valence-electron chi connectivity index (χ4n) is 4.16. The standard InChI is InChI=1S/C24H25F3N6O2/c25-24(26,27)23-29-12-15(13-30-23)20(33-8-10-35-11-9-33)14-28-22(34)18-2-1-3-19-17(18)6-7-21(32-19)31-16-4-5-16/h1-3,6-7,12-13,16,20H,4-5,8-11,14H2,(H,28,34)(H,31,32)/t20-/m1/s1. The first-order chi connectivity index (χ1) is 16.9. The van der Waals surface area contributed by atoms with Gasteiger partial charge in [-0.2, -0.15) is 13.2 Å². The lowest BCUT2D eigenvalue weighted by Crippen LogP contribution is -2.44. The first-order valence-electron chi connectivity index (χ1n) is 11.5. The van der Waals surface area contributed by atoms with Crippen molar-refractivity contribution < 1.29 is 22.7 Å². The van der Waals surface area contributed by atoms with E-state index in [-0.39, 0.29) is 12.5 Å². The number of alkyl halides is 3. The molecule has 11 heteroatoms. The van der Waals surface area contributed by atoms with E-state index in [1.54, 1.807) is 12.1 Å². The van der Waals surface area contributed by atoms with Crippen LogP contribution in [0.2, 0.25) is 0 Å². The predicted octanol–water partition coefficient (Wildman–Crippen LogP) is 3.42. The average molecular weight is 486 g/mol. The molecule has 0 unspecified atom stereocenters. The van der Waals surface area contributed by atoms with E-state index in [0.29, 0.717) is 49.0 Å². The number of aromatic nitrogens is 3. The summed E-state index contributed by atoms with van der Waals surface area (Å²) < 4.78 is 44.2. The van der Waals surface area contributed by atoms with Crippen LogP contribution in [0.15, 0.2) is 42.7 Å². The lowest BCUT2D eigenvalue weighted by molar-refractivity contribution is -0.145. The number of morpholine rings is 1. The largest absolute Gasteiger partial charge is 0.451 e. The number of nitrogens with zero attached hydrogens (tertiary/aromatic N) is 4. The van der Waals surface area contributed by atoms with Crippen molar-refractivity contribution in [2.24, 2.45) is 0 Å². The number of rotatable bonds is 7. The van der Waals surface area contributed by atoms with Crippen LogP contribution >= 0.6 is 0 Å². The molecule has 0 bridgehead atoms. The number of amides is 1. The Morgan fingerprint density at radius 1 is 1.11 bits per heavy atom. The molecule has 0 radical (unpaired) electrons. The molecule has 1 aromatic carbocycles. The van der Waals surface area contributed by atoms with Crippen LogP contribution in [-0.4, -0.2) is 64.6 Å². The number of fused-ring (bicyclic) bond motifs is 1. The van der Waals surface area contributed by atoms with Gasteiger partial charge in [0, 0.05) is 54.6 Å². The highest BCUT2D eigenvalue weighted by atomic mass is 19.4. The van der Waals surface area contributed by atoms with E-state index in [2.05, 4.69) is 30.5 Å². The molecule has 3 aromatic rings. The molecule has 1 amide bonds. The van der Waals surface area contributed by atoms with Crippen LogP contribution in [0.3, 0.4) is 0 Å². The van der Waals surface area contributed by atoms with Gasteiger partial charge in [0.1, 0.15) is 5.82 Å². The Labute approximate surface area is 199 Å². The number of anilines is 1. The van der Waals surface area contributed by atoms with Crippen molar-refractivity contribution >= 4 is 22.6 Å². The maximum Gasteiger partial charge on any atom is 0.451 e. The van der Waals surface area contributed by atoms with E-state index in [4.69, 9.17) is 4.74 Å². The highest BCUT2D eigenvalue weighted by Crippen LogP contribution is 2.28. The minimum absolute atomic E-state index is 0.179. The summed E-state index contributed by atoms with van der Waals surface area (Å²) in [4.78, 5) is 26.8. The van der Waals surface area contributed by atoms with Gasteiger partial charge < -0.3 is 15.4 Å². The molecule has 1 aliphatic carbocycles. The van der Waals surface area contributed by atoms with E-state index >= 15 is 0 Å².